The number of thiazole rings is 1. The Hall–Kier alpha value is -2.39. The Labute approximate surface area is 144 Å². The zero-order valence-corrected chi connectivity index (χ0v) is 14.4. The Kier molecular flexibility index (Phi) is 4.81. The van der Waals surface area contributed by atoms with E-state index in [2.05, 4.69) is 34.0 Å². The molecule has 2 heterocycles. The first-order valence-corrected chi connectivity index (χ1v) is 8.60. The Morgan fingerprint density at radius 3 is 2.92 bits per heavy atom. The molecule has 0 radical (unpaired) electrons. The average Bonchev–Trinajstić information content (AvgIpc) is 3.14. The van der Waals surface area contributed by atoms with Gasteiger partial charge in [0.05, 0.1) is 11.3 Å². The highest BCUT2D eigenvalue weighted by Crippen LogP contribution is 2.27. The standard InChI is InChI=1S/C18H18FN3OS/c1-12-13(2)24-18(20-12)22-10-9-15(11-22)21-17(23)8-7-14-5-3-4-6-16(14)19/h3-6,15H,9-11H2,1-2H3,(H,21,23). The van der Waals surface area contributed by atoms with Gasteiger partial charge in [-0.15, -0.1) is 11.3 Å². The van der Waals surface area contributed by atoms with Crippen molar-refractivity contribution in [3.63, 3.8) is 0 Å². The molecule has 6 heteroatoms. The van der Waals surface area contributed by atoms with E-state index < -0.39 is 5.82 Å². The molecule has 1 N–H and O–H groups in total. The Balaban J connectivity index is 1.58. The highest BCUT2D eigenvalue weighted by molar-refractivity contribution is 7.15. The van der Waals surface area contributed by atoms with Gasteiger partial charge in [0.2, 0.25) is 0 Å². The van der Waals surface area contributed by atoms with Gasteiger partial charge in [-0.05, 0) is 32.4 Å². The fourth-order valence-electron chi connectivity index (χ4n) is 2.55. The molecule has 24 heavy (non-hydrogen) atoms. The number of nitrogens with one attached hydrogen (secondary N) is 1. The van der Waals surface area contributed by atoms with Crippen LogP contribution in [0.15, 0.2) is 24.3 Å². The summed E-state index contributed by atoms with van der Waals surface area (Å²) in [4.78, 5) is 19.9. The summed E-state index contributed by atoms with van der Waals surface area (Å²) in [6, 6.07) is 6.21. The fourth-order valence-corrected chi connectivity index (χ4v) is 3.50. The number of benzene rings is 1. The number of rotatable bonds is 2. The van der Waals surface area contributed by atoms with E-state index >= 15 is 0 Å². The molecule has 0 aliphatic carbocycles. The molecule has 124 valence electrons. The molecule has 1 atom stereocenters. The van der Waals surface area contributed by atoms with Crippen LogP contribution in [0.5, 0.6) is 0 Å². The maximum atomic E-state index is 13.5. The van der Waals surface area contributed by atoms with Crippen LogP contribution in [0.4, 0.5) is 9.52 Å². The van der Waals surface area contributed by atoms with Gasteiger partial charge in [0, 0.05) is 29.9 Å². The number of nitrogens with zero attached hydrogens (tertiary/aromatic N) is 2. The van der Waals surface area contributed by atoms with Crippen LogP contribution in [0.2, 0.25) is 0 Å². The minimum absolute atomic E-state index is 0.0388. The second-order valence-electron chi connectivity index (χ2n) is 5.77. The predicted molar refractivity (Wildman–Crippen MR) is 93.6 cm³/mol. The molecule has 0 spiro atoms. The molecule has 2 aromatic rings. The van der Waals surface area contributed by atoms with E-state index in [4.69, 9.17) is 0 Å². The van der Waals surface area contributed by atoms with Crippen LogP contribution in [0, 0.1) is 31.5 Å². The number of anilines is 1. The fraction of sp³-hybridized carbons (Fsp3) is 0.333. The summed E-state index contributed by atoms with van der Waals surface area (Å²) in [6.07, 6.45) is 0.852. The van der Waals surface area contributed by atoms with Crippen LogP contribution in [0.1, 0.15) is 22.6 Å². The molecule has 1 fully saturated rings. The lowest BCUT2D eigenvalue weighted by Gasteiger charge is -2.14. The Morgan fingerprint density at radius 1 is 1.42 bits per heavy atom. The molecular formula is C18H18FN3OS. The molecule has 1 unspecified atom stereocenters. The first kappa shape index (κ1) is 16.5. The van der Waals surface area contributed by atoms with Crippen molar-refractivity contribution in [3.05, 3.63) is 46.2 Å². The zero-order valence-electron chi connectivity index (χ0n) is 13.6. The van der Waals surface area contributed by atoms with E-state index in [9.17, 15) is 9.18 Å². The summed E-state index contributed by atoms with van der Waals surface area (Å²) in [7, 11) is 0. The summed E-state index contributed by atoms with van der Waals surface area (Å²) in [5.74, 6) is 4.25. The molecule has 1 aromatic heterocycles. The molecule has 1 aromatic carbocycles. The van der Waals surface area contributed by atoms with Gasteiger partial charge in [-0.3, -0.25) is 4.79 Å². The average molecular weight is 343 g/mol. The molecule has 0 saturated carbocycles. The highest BCUT2D eigenvalue weighted by Gasteiger charge is 2.25. The second kappa shape index (κ2) is 7.02. The molecule has 1 amide bonds. The summed E-state index contributed by atoms with van der Waals surface area (Å²) < 4.78 is 13.5. The molecule has 3 rings (SSSR count). The lowest BCUT2D eigenvalue weighted by Crippen LogP contribution is -2.36. The van der Waals surface area contributed by atoms with Crippen molar-refractivity contribution in [3.8, 4) is 11.8 Å². The van der Waals surface area contributed by atoms with Gasteiger partial charge in [0.1, 0.15) is 5.82 Å². The number of carbonyl (C=O) groups excluding carboxylic acids is 1. The van der Waals surface area contributed by atoms with Crippen LogP contribution in [-0.4, -0.2) is 30.0 Å². The van der Waals surface area contributed by atoms with Crippen LogP contribution >= 0.6 is 11.3 Å². The van der Waals surface area contributed by atoms with E-state index in [-0.39, 0.29) is 17.5 Å². The summed E-state index contributed by atoms with van der Waals surface area (Å²) >= 11 is 1.67. The van der Waals surface area contributed by atoms with Crippen LogP contribution in [0.3, 0.4) is 0 Å². The van der Waals surface area contributed by atoms with Gasteiger partial charge >= 0.3 is 0 Å². The quantitative estimate of drug-likeness (QED) is 0.853. The number of halogens is 1. The monoisotopic (exact) mass is 343 g/mol. The van der Waals surface area contributed by atoms with Gasteiger partial charge in [-0.2, -0.15) is 0 Å². The Morgan fingerprint density at radius 2 is 2.21 bits per heavy atom. The predicted octanol–water partition coefficient (Wildman–Crippen LogP) is 2.65. The number of aryl methyl sites for hydroxylation is 2. The van der Waals surface area contributed by atoms with Gasteiger partial charge in [-0.1, -0.05) is 18.1 Å². The van der Waals surface area contributed by atoms with Gasteiger partial charge in [-0.25, -0.2) is 9.37 Å². The van der Waals surface area contributed by atoms with Gasteiger partial charge in [0.25, 0.3) is 5.91 Å². The molecule has 4 nitrogen and oxygen atoms in total. The van der Waals surface area contributed by atoms with Crippen LogP contribution in [-0.2, 0) is 4.79 Å². The first-order valence-electron chi connectivity index (χ1n) is 7.79. The number of carbonyl (C=O) groups is 1. The number of hydrogen-bond acceptors (Lipinski definition) is 4. The third-order valence-corrected chi connectivity index (χ3v) is 5.13. The van der Waals surface area contributed by atoms with E-state index in [0.717, 1.165) is 30.3 Å². The smallest absolute Gasteiger partial charge is 0.296 e. The van der Waals surface area contributed by atoms with Crippen LogP contribution < -0.4 is 10.2 Å². The lowest BCUT2D eigenvalue weighted by molar-refractivity contribution is -0.116. The molecule has 1 aliphatic rings. The molecular weight excluding hydrogens is 325 g/mol. The molecule has 1 aliphatic heterocycles. The number of hydrogen-bond donors (Lipinski definition) is 1. The Bertz CT molecular complexity index is 802. The van der Waals surface area contributed by atoms with Crippen molar-refractivity contribution in [2.75, 3.05) is 18.0 Å². The SMILES string of the molecule is Cc1nc(N2CCC(NC(=O)C#Cc3ccccc3F)C2)sc1C. The third-order valence-electron chi connectivity index (χ3n) is 4.00. The summed E-state index contributed by atoms with van der Waals surface area (Å²) in [6.45, 7) is 5.64. The van der Waals surface area contributed by atoms with Crippen molar-refractivity contribution in [2.24, 2.45) is 0 Å². The third kappa shape index (κ3) is 3.74. The van der Waals surface area contributed by atoms with Gasteiger partial charge in [0.15, 0.2) is 5.13 Å². The summed E-state index contributed by atoms with van der Waals surface area (Å²) in [5, 5.41) is 3.89. The maximum absolute atomic E-state index is 13.5. The van der Waals surface area contributed by atoms with Crippen molar-refractivity contribution in [1.82, 2.24) is 10.3 Å². The van der Waals surface area contributed by atoms with Crippen LogP contribution in [0.25, 0.3) is 0 Å². The van der Waals surface area contributed by atoms with Crippen molar-refractivity contribution in [1.29, 1.82) is 0 Å². The second-order valence-corrected chi connectivity index (χ2v) is 6.95. The topological polar surface area (TPSA) is 45.2 Å². The van der Waals surface area contributed by atoms with Gasteiger partial charge < -0.3 is 10.2 Å². The normalized spacial score (nSPS) is 16.6. The van der Waals surface area contributed by atoms with Crippen molar-refractivity contribution >= 4 is 22.4 Å². The minimum atomic E-state index is -0.417. The van der Waals surface area contributed by atoms with E-state index in [1.54, 1.807) is 29.5 Å². The lowest BCUT2D eigenvalue weighted by atomic mass is 10.2. The van der Waals surface area contributed by atoms with E-state index in [1.165, 1.54) is 10.9 Å². The van der Waals surface area contributed by atoms with E-state index in [0.29, 0.717) is 0 Å². The number of amides is 1. The maximum Gasteiger partial charge on any atom is 0.296 e. The van der Waals surface area contributed by atoms with E-state index in [1.807, 2.05) is 6.92 Å². The molecule has 1 saturated heterocycles. The minimum Gasteiger partial charge on any atom is -0.346 e. The number of aromatic nitrogens is 1. The van der Waals surface area contributed by atoms with Crippen molar-refractivity contribution in [2.45, 2.75) is 26.3 Å². The van der Waals surface area contributed by atoms with Crippen molar-refractivity contribution < 1.29 is 9.18 Å². The zero-order chi connectivity index (χ0) is 17.1. The first-order chi connectivity index (χ1) is 11.5. The molecule has 0 bridgehead atoms. The highest BCUT2D eigenvalue weighted by atomic mass is 32.1. The summed E-state index contributed by atoms with van der Waals surface area (Å²) in [5.41, 5.74) is 1.28. The largest absolute Gasteiger partial charge is 0.346 e.